The van der Waals surface area contributed by atoms with E-state index in [1.807, 2.05) is 13.8 Å². The zero-order chi connectivity index (χ0) is 18.1. The Morgan fingerprint density at radius 2 is 1.80 bits per heavy atom. The molecule has 25 heavy (non-hydrogen) atoms. The van der Waals surface area contributed by atoms with Crippen LogP contribution in [-0.4, -0.2) is 22.7 Å². The predicted molar refractivity (Wildman–Crippen MR) is 90.2 cm³/mol. The van der Waals surface area contributed by atoms with Gasteiger partial charge < -0.3 is 9.84 Å². The molecule has 1 N–H and O–H groups in total. The molecule has 0 unspecified atom stereocenters. The zero-order valence-corrected chi connectivity index (χ0v) is 13.6. The first-order chi connectivity index (χ1) is 11.9. The molecule has 0 aliphatic carbocycles. The number of aromatic nitrogens is 1. The standard InChI is InChI=1S/C19H15F2NO3/c1-10-7-13-14(18(23)24)9-16(22-15(13)8-11(10)2)12-5-3-4-6-17(12)25-19(20)21/h3-9,19H,1-2H3,(H,23,24). The summed E-state index contributed by atoms with van der Waals surface area (Å²) in [6, 6.07) is 11.1. The lowest BCUT2D eigenvalue weighted by Crippen LogP contribution is -2.05. The highest BCUT2D eigenvalue weighted by molar-refractivity contribution is 6.04. The molecule has 2 aromatic carbocycles. The van der Waals surface area contributed by atoms with Gasteiger partial charge >= 0.3 is 12.6 Å². The fourth-order valence-electron chi connectivity index (χ4n) is 2.68. The van der Waals surface area contributed by atoms with E-state index in [2.05, 4.69) is 9.72 Å². The number of rotatable bonds is 4. The van der Waals surface area contributed by atoms with Crippen LogP contribution in [0.15, 0.2) is 42.5 Å². The van der Waals surface area contributed by atoms with E-state index in [-0.39, 0.29) is 17.0 Å². The third-order valence-corrected chi connectivity index (χ3v) is 4.03. The highest BCUT2D eigenvalue weighted by atomic mass is 19.3. The van der Waals surface area contributed by atoms with E-state index in [9.17, 15) is 18.7 Å². The lowest BCUT2D eigenvalue weighted by molar-refractivity contribution is -0.0494. The third kappa shape index (κ3) is 3.28. The van der Waals surface area contributed by atoms with Crippen molar-refractivity contribution in [1.82, 2.24) is 4.98 Å². The number of hydrogen-bond acceptors (Lipinski definition) is 3. The summed E-state index contributed by atoms with van der Waals surface area (Å²) in [4.78, 5) is 16.1. The van der Waals surface area contributed by atoms with Crippen molar-refractivity contribution in [2.45, 2.75) is 20.5 Å². The third-order valence-electron chi connectivity index (χ3n) is 4.03. The van der Waals surface area contributed by atoms with Crippen LogP contribution in [0, 0.1) is 13.8 Å². The van der Waals surface area contributed by atoms with Crippen molar-refractivity contribution in [2.24, 2.45) is 0 Å². The molecule has 6 heteroatoms. The molecule has 0 aliphatic rings. The number of pyridine rings is 1. The van der Waals surface area contributed by atoms with Gasteiger partial charge in [0.2, 0.25) is 0 Å². The molecule has 3 aromatic rings. The molecule has 0 amide bonds. The molecule has 0 aliphatic heterocycles. The number of carboxylic acid groups (broad SMARTS) is 1. The topological polar surface area (TPSA) is 59.4 Å². The first-order valence-corrected chi connectivity index (χ1v) is 7.56. The first-order valence-electron chi connectivity index (χ1n) is 7.56. The molecular formula is C19H15F2NO3. The molecule has 0 fully saturated rings. The molecule has 0 saturated heterocycles. The summed E-state index contributed by atoms with van der Waals surface area (Å²) in [7, 11) is 0. The summed E-state index contributed by atoms with van der Waals surface area (Å²) in [5.41, 5.74) is 3.05. The van der Waals surface area contributed by atoms with E-state index in [0.717, 1.165) is 11.1 Å². The molecule has 0 saturated carbocycles. The van der Waals surface area contributed by atoms with E-state index in [1.165, 1.54) is 12.1 Å². The van der Waals surface area contributed by atoms with Gasteiger partial charge in [0.25, 0.3) is 0 Å². The largest absolute Gasteiger partial charge is 0.478 e. The van der Waals surface area contributed by atoms with Crippen LogP contribution < -0.4 is 4.74 Å². The number of carboxylic acids is 1. The summed E-state index contributed by atoms with van der Waals surface area (Å²) in [5, 5.41) is 10.1. The molecule has 0 atom stereocenters. The van der Waals surface area contributed by atoms with Gasteiger partial charge in [-0.2, -0.15) is 8.78 Å². The lowest BCUT2D eigenvalue weighted by Gasteiger charge is -2.13. The number of hydrogen-bond donors (Lipinski definition) is 1. The lowest BCUT2D eigenvalue weighted by atomic mass is 10.00. The van der Waals surface area contributed by atoms with Crippen LogP contribution in [0.3, 0.4) is 0 Å². The Morgan fingerprint density at radius 3 is 2.48 bits per heavy atom. The molecule has 1 aromatic heterocycles. The van der Waals surface area contributed by atoms with Crippen molar-refractivity contribution in [3.63, 3.8) is 0 Å². The van der Waals surface area contributed by atoms with Gasteiger partial charge in [0, 0.05) is 10.9 Å². The normalized spacial score (nSPS) is 11.1. The van der Waals surface area contributed by atoms with Gasteiger partial charge in [-0.1, -0.05) is 12.1 Å². The van der Waals surface area contributed by atoms with Crippen LogP contribution in [0.1, 0.15) is 21.5 Å². The van der Waals surface area contributed by atoms with Gasteiger partial charge in [-0.25, -0.2) is 9.78 Å². The van der Waals surface area contributed by atoms with E-state index >= 15 is 0 Å². The van der Waals surface area contributed by atoms with Crippen molar-refractivity contribution in [2.75, 3.05) is 0 Å². The van der Waals surface area contributed by atoms with Crippen LogP contribution in [-0.2, 0) is 0 Å². The fraction of sp³-hybridized carbons (Fsp3) is 0.158. The van der Waals surface area contributed by atoms with Crippen LogP contribution in [0.4, 0.5) is 8.78 Å². The number of halogens is 2. The van der Waals surface area contributed by atoms with E-state index in [1.54, 1.807) is 30.3 Å². The Labute approximate surface area is 142 Å². The summed E-state index contributed by atoms with van der Waals surface area (Å²) in [6.45, 7) is 0.808. The number of alkyl halides is 2. The summed E-state index contributed by atoms with van der Waals surface area (Å²) < 4.78 is 29.8. The van der Waals surface area contributed by atoms with E-state index in [4.69, 9.17) is 0 Å². The van der Waals surface area contributed by atoms with Gasteiger partial charge in [0.1, 0.15) is 5.75 Å². The minimum Gasteiger partial charge on any atom is -0.478 e. The average molecular weight is 343 g/mol. The number of nitrogens with zero attached hydrogens (tertiary/aromatic N) is 1. The molecule has 4 nitrogen and oxygen atoms in total. The van der Waals surface area contributed by atoms with E-state index in [0.29, 0.717) is 16.5 Å². The van der Waals surface area contributed by atoms with Crippen molar-refractivity contribution < 1.29 is 23.4 Å². The second-order valence-corrected chi connectivity index (χ2v) is 5.69. The van der Waals surface area contributed by atoms with Gasteiger partial charge in [-0.3, -0.25) is 0 Å². The van der Waals surface area contributed by atoms with Crippen molar-refractivity contribution in [1.29, 1.82) is 0 Å². The smallest absolute Gasteiger partial charge is 0.387 e. The second kappa shape index (κ2) is 6.47. The molecule has 3 rings (SSSR count). The maximum Gasteiger partial charge on any atom is 0.387 e. The monoisotopic (exact) mass is 343 g/mol. The summed E-state index contributed by atoms with van der Waals surface area (Å²) in [5.74, 6) is -1.16. The Hall–Kier alpha value is -3.02. The van der Waals surface area contributed by atoms with Crippen molar-refractivity contribution in [3.05, 3.63) is 59.2 Å². The molecular weight excluding hydrogens is 328 g/mol. The maximum absolute atomic E-state index is 12.6. The van der Waals surface area contributed by atoms with Gasteiger partial charge in [0.15, 0.2) is 0 Å². The minimum absolute atomic E-state index is 0.0514. The minimum atomic E-state index is -2.98. The SMILES string of the molecule is Cc1cc2nc(-c3ccccc3OC(F)F)cc(C(=O)O)c2cc1C. The molecule has 128 valence electrons. The number of aryl methyl sites for hydroxylation is 2. The Bertz CT molecular complexity index is 970. The van der Waals surface area contributed by atoms with Gasteiger partial charge in [-0.15, -0.1) is 0 Å². The molecule has 0 bridgehead atoms. The number of carbonyl (C=O) groups is 1. The Balaban J connectivity index is 2.28. The molecule has 0 radical (unpaired) electrons. The van der Waals surface area contributed by atoms with Crippen LogP contribution in [0.2, 0.25) is 0 Å². The number of benzene rings is 2. The molecule has 0 spiro atoms. The molecule has 1 heterocycles. The number of ether oxygens (including phenoxy) is 1. The second-order valence-electron chi connectivity index (χ2n) is 5.69. The number of fused-ring (bicyclic) bond motifs is 1. The highest BCUT2D eigenvalue weighted by Crippen LogP contribution is 2.33. The number of aromatic carboxylic acids is 1. The Morgan fingerprint density at radius 1 is 1.12 bits per heavy atom. The maximum atomic E-state index is 12.6. The van der Waals surface area contributed by atoms with Crippen LogP contribution >= 0.6 is 0 Å². The van der Waals surface area contributed by atoms with E-state index < -0.39 is 12.6 Å². The first kappa shape index (κ1) is 16.8. The quantitative estimate of drug-likeness (QED) is 0.738. The highest BCUT2D eigenvalue weighted by Gasteiger charge is 2.17. The van der Waals surface area contributed by atoms with Crippen LogP contribution in [0.5, 0.6) is 5.75 Å². The van der Waals surface area contributed by atoms with Gasteiger partial charge in [0.05, 0.1) is 16.8 Å². The zero-order valence-electron chi connectivity index (χ0n) is 13.6. The van der Waals surface area contributed by atoms with Gasteiger partial charge in [-0.05, 0) is 55.3 Å². The van der Waals surface area contributed by atoms with Crippen molar-refractivity contribution in [3.8, 4) is 17.0 Å². The summed E-state index contributed by atoms with van der Waals surface area (Å²) in [6.07, 6.45) is 0. The predicted octanol–water partition coefficient (Wildman–Crippen LogP) is 4.82. The average Bonchev–Trinajstić information content (AvgIpc) is 2.55. The van der Waals surface area contributed by atoms with Crippen molar-refractivity contribution >= 4 is 16.9 Å². The van der Waals surface area contributed by atoms with Crippen LogP contribution in [0.25, 0.3) is 22.2 Å². The number of para-hydroxylation sites is 1. The Kier molecular flexibility index (Phi) is 4.35. The summed E-state index contributed by atoms with van der Waals surface area (Å²) >= 11 is 0. The fourth-order valence-corrected chi connectivity index (χ4v) is 2.68.